The number of amides is 1. The Hall–Kier alpha value is -3.07. The Kier molecular flexibility index (Phi) is 9.14. The number of benzene rings is 2. The second-order valence-corrected chi connectivity index (χ2v) is 9.91. The fraction of sp³-hybridized carbons (Fsp3) is 0.200. The van der Waals surface area contributed by atoms with Gasteiger partial charge in [-0.3, -0.25) is 4.79 Å². The van der Waals surface area contributed by atoms with E-state index in [0.29, 0.717) is 41.0 Å². The van der Waals surface area contributed by atoms with Crippen molar-refractivity contribution < 1.29 is 17.9 Å². The van der Waals surface area contributed by atoms with Gasteiger partial charge in [-0.1, -0.05) is 66.5 Å². The summed E-state index contributed by atoms with van der Waals surface area (Å²) in [5.41, 5.74) is 1.94. The molecule has 184 valence electrons. The van der Waals surface area contributed by atoms with Crippen LogP contribution in [0.3, 0.4) is 0 Å². The quantitative estimate of drug-likeness (QED) is 0.349. The Labute approximate surface area is 215 Å². The fourth-order valence-corrected chi connectivity index (χ4v) is 4.41. The third-order valence-electron chi connectivity index (χ3n) is 4.85. The number of hydrogen-bond acceptors (Lipinski definition) is 5. The van der Waals surface area contributed by atoms with Crippen molar-refractivity contribution in [3.05, 3.63) is 92.8 Å². The first-order chi connectivity index (χ1) is 16.7. The van der Waals surface area contributed by atoms with Crippen molar-refractivity contribution in [2.24, 2.45) is 0 Å². The van der Waals surface area contributed by atoms with Crippen LogP contribution in [-0.2, 0) is 21.4 Å². The molecule has 1 amide bonds. The highest BCUT2D eigenvalue weighted by molar-refractivity contribution is 7.93. The summed E-state index contributed by atoms with van der Waals surface area (Å²) in [5.74, 6) is 0.468. The summed E-state index contributed by atoms with van der Waals surface area (Å²) < 4.78 is 33.8. The molecule has 3 aromatic rings. The van der Waals surface area contributed by atoms with Gasteiger partial charge in [-0.15, -0.1) is 0 Å². The molecule has 0 unspecified atom stereocenters. The molecule has 0 saturated heterocycles. The highest BCUT2D eigenvalue weighted by Crippen LogP contribution is 2.26. The van der Waals surface area contributed by atoms with Gasteiger partial charge in [0, 0.05) is 11.1 Å². The molecule has 1 heterocycles. The molecule has 0 bridgehead atoms. The zero-order chi connectivity index (χ0) is 25.4. The lowest BCUT2D eigenvalue weighted by Crippen LogP contribution is -2.26. The van der Waals surface area contributed by atoms with Crippen LogP contribution in [-0.4, -0.2) is 30.5 Å². The van der Waals surface area contributed by atoms with Gasteiger partial charge in [0.15, 0.2) is 5.15 Å². The minimum atomic E-state index is -3.98. The zero-order valence-corrected chi connectivity index (χ0v) is 21.6. The van der Waals surface area contributed by atoms with Gasteiger partial charge >= 0.3 is 0 Å². The maximum Gasteiger partial charge on any atom is 0.257 e. The molecule has 0 radical (unpaired) electrons. The minimum absolute atomic E-state index is 0.178. The number of rotatable bonds is 10. The lowest BCUT2D eigenvalue weighted by atomic mass is 10.2. The monoisotopic (exact) mass is 533 g/mol. The number of ether oxygens (including phenoxy) is 1. The van der Waals surface area contributed by atoms with Crippen LogP contribution in [0.15, 0.2) is 60.0 Å². The molecule has 0 aliphatic heterocycles. The summed E-state index contributed by atoms with van der Waals surface area (Å²) in [6.45, 7) is 4.74. The van der Waals surface area contributed by atoms with E-state index in [1.54, 1.807) is 41.8 Å². The standard InChI is InChI=1S/C25H25Cl2N3O4S/c1-3-14-34-21-10-9-20(22(26)16-21)17-30-18(2)28-25(27)23(30)11-12-24(31)29-35(32,33)15-13-19-7-5-4-6-8-19/h4-13,15-16H,3,14,17H2,1-2H3,(H,29,31)/b12-11+,15-13+. The van der Waals surface area contributed by atoms with Crippen LogP contribution in [0.1, 0.15) is 36.0 Å². The van der Waals surface area contributed by atoms with Crippen molar-refractivity contribution in [2.45, 2.75) is 26.8 Å². The van der Waals surface area contributed by atoms with Gasteiger partial charge in [0.05, 0.1) is 24.3 Å². The number of aromatic nitrogens is 2. The van der Waals surface area contributed by atoms with Gasteiger partial charge in [-0.2, -0.15) is 0 Å². The maximum absolute atomic E-state index is 12.3. The van der Waals surface area contributed by atoms with Gasteiger partial charge < -0.3 is 9.30 Å². The molecule has 3 rings (SSSR count). The van der Waals surface area contributed by atoms with Crippen molar-refractivity contribution >= 4 is 51.3 Å². The van der Waals surface area contributed by atoms with Crippen molar-refractivity contribution in [1.82, 2.24) is 14.3 Å². The molecule has 0 aliphatic rings. The van der Waals surface area contributed by atoms with Crippen LogP contribution < -0.4 is 9.46 Å². The summed E-state index contributed by atoms with van der Waals surface area (Å²) in [5, 5.41) is 1.63. The lowest BCUT2D eigenvalue weighted by Gasteiger charge is -2.12. The first-order valence-corrected chi connectivity index (χ1v) is 13.1. The first kappa shape index (κ1) is 26.5. The van der Waals surface area contributed by atoms with Crippen LogP contribution in [0.5, 0.6) is 5.75 Å². The van der Waals surface area contributed by atoms with E-state index < -0.39 is 15.9 Å². The van der Waals surface area contributed by atoms with E-state index in [0.717, 1.165) is 23.5 Å². The first-order valence-electron chi connectivity index (χ1n) is 10.8. The number of aryl methyl sites for hydroxylation is 1. The van der Waals surface area contributed by atoms with Gasteiger partial charge in [0.2, 0.25) is 0 Å². The summed E-state index contributed by atoms with van der Waals surface area (Å²) in [7, 11) is -3.98. The van der Waals surface area contributed by atoms with Gasteiger partial charge in [0.25, 0.3) is 15.9 Å². The van der Waals surface area contributed by atoms with Crippen LogP contribution in [0.4, 0.5) is 0 Å². The van der Waals surface area contributed by atoms with E-state index in [1.165, 1.54) is 12.2 Å². The average molecular weight is 534 g/mol. The smallest absolute Gasteiger partial charge is 0.257 e. The second kappa shape index (κ2) is 12.1. The number of nitrogens with zero attached hydrogens (tertiary/aromatic N) is 2. The second-order valence-electron chi connectivity index (χ2n) is 7.58. The van der Waals surface area contributed by atoms with Gasteiger partial charge in [-0.05, 0) is 48.8 Å². The number of halogens is 2. The average Bonchev–Trinajstić information content (AvgIpc) is 3.08. The summed E-state index contributed by atoms with van der Waals surface area (Å²) in [6, 6.07) is 14.3. The number of hydrogen-bond donors (Lipinski definition) is 1. The van der Waals surface area contributed by atoms with E-state index in [2.05, 4.69) is 4.98 Å². The van der Waals surface area contributed by atoms with E-state index in [-0.39, 0.29) is 5.15 Å². The van der Waals surface area contributed by atoms with Crippen molar-refractivity contribution in [3.8, 4) is 5.75 Å². The Balaban J connectivity index is 1.73. The molecular formula is C25H25Cl2N3O4S. The van der Waals surface area contributed by atoms with Crippen molar-refractivity contribution in [1.29, 1.82) is 0 Å². The number of carbonyl (C=O) groups excluding carboxylic acids is 1. The fourth-order valence-electron chi connectivity index (χ4n) is 3.14. The van der Waals surface area contributed by atoms with Gasteiger partial charge in [-0.25, -0.2) is 18.1 Å². The maximum atomic E-state index is 12.3. The van der Waals surface area contributed by atoms with Crippen LogP contribution in [0, 0.1) is 6.92 Å². The Morgan fingerprint density at radius 2 is 1.89 bits per heavy atom. The predicted molar refractivity (Wildman–Crippen MR) is 140 cm³/mol. The van der Waals surface area contributed by atoms with Gasteiger partial charge in [0.1, 0.15) is 11.6 Å². The van der Waals surface area contributed by atoms with E-state index in [9.17, 15) is 13.2 Å². The molecule has 0 saturated carbocycles. The molecule has 7 nitrogen and oxygen atoms in total. The number of carbonyl (C=O) groups is 1. The summed E-state index contributed by atoms with van der Waals surface area (Å²) in [6.07, 6.45) is 4.80. The molecule has 1 aromatic heterocycles. The topological polar surface area (TPSA) is 90.3 Å². The number of sulfonamides is 1. The largest absolute Gasteiger partial charge is 0.494 e. The van der Waals surface area contributed by atoms with Crippen molar-refractivity contribution in [2.75, 3.05) is 6.61 Å². The molecule has 35 heavy (non-hydrogen) atoms. The molecule has 10 heteroatoms. The molecule has 0 spiro atoms. The third-order valence-corrected chi connectivity index (χ3v) is 6.46. The molecule has 0 aliphatic carbocycles. The SMILES string of the molecule is CCCOc1ccc(Cn2c(C)nc(Cl)c2/C=C/C(=O)NS(=O)(=O)/C=C/c2ccccc2)c(Cl)c1. The predicted octanol–water partition coefficient (Wildman–Crippen LogP) is 5.47. The summed E-state index contributed by atoms with van der Waals surface area (Å²) >= 11 is 12.7. The van der Waals surface area contributed by atoms with Crippen LogP contribution >= 0.6 is 23.2 Å². The summed E-state index contributed by atoms with van der Waals surface area (Å²) in [4.78, 5) is 16.5. The molecule has 0 fully saturated rings. The van der Waals surface area contributed by atoms with Crippen LogP contribution in [0.25, 0.3) is 12.2 Å². The van der Waals surface area contributed by atoms with E-state index in [1.807, 2.05) is 29.8 Å². The molecule has 0 atom stereocenters. The number of imidazole rings is 1. The Bertz CT molecular complexity index is 1350. The highest BCUT2D eigenvalue weighted by Gasteiger charge is 2.15. The Morgan fingerprint density at radius 1 is 1.14 bits per heavy atom. The highest BCUT2D eigenvalue weighted by atomic mass is 35.5. The molecular weight excluding hydrogens is 509 g/mol. The normalized spacial score (nSPS) is 11.9. The van der Waals surface area contributed by atoms with E-state index in [4.69, 9.17) is 27.9 Å². The minimum Gasteiger partial charge on any atom is -0.494 e. The lowest BCUT2D eigenvalue weighted by molar-refractivity contribution is -0.114. The Morgan fingerprint density at radius 3 is 2.57 bits per heavy atom. The van der Waals surface area contributed by atoms with Crippen molar-refractivity contribution in [3.63, 3.8) is 0 Å². The van der Waals surface area contributed by atoms with E-state index >= 15 is 0 Å². The molecule has 1 N–H and O–H groups in total. The third kappa shape index (κ3) is 7.71. The number of nitrogens with one attached hydrogen (secondary N) is 1. The van der Waals surface area contributed by atoms with Crippen LogP contribution in [0.2, 0.25) is 10.2 Å². The zero-order valence-electron chi connectivity index (χ0n) is 19.2. The molecule has 2 aromatic carbocycles.